The van der Waals surface area contributed by atoms with Crippen LogP contribution in [0.3, 0.4) is 0 Å². The molecule has 1 amide bonds. The molecule has 1 fully saturated rings. The van der Waals surface area contributed by atoms with Gasteiger partial charge in [-0.25, -0.2) is 0 Å². The molecule has 1 aliphatic rings. The molecule has 2 rings (SSSR count). The largest absolute Gasteiger partial charge is 0.349 e. The van der Waals surface area contributed by atoms with Crippen LogP contribution in [0.2, 0.25) is 0 Å². The Labute approximate surface area is 97.1 Å². The Hall–Kier alpha value is -1.31. The number of carbonyl (C=O) groups is 1. The minimum atomic E-state index is 0.167. The van der Waals surface area contributed by atoms with E-state index in [4.69, 9.17) is 0 Å². The van der Waals surface area contributed by atoms with Crippen LogP contribution in [0.1, 0.15) is 44.7 Å². The van der Waals surface area contributed by atoms with Gasteiger partial charge in [0, 0.05) is 6.42 Å². The van der Waals surface area contributed by atoms with E-state index in [0.717, 1.165) is 12.8 Å². The maximum atomic E-state index is 11.5. The summed E-state index contributed by atoms with van der Waals surface area (Å²) in [4.78, 5) is 11.5. The predicted molar refractivity (Wildman–Crippen MR) is 65.0 cm³/mol. The molecule has 2 nitrogen and oxygen atoms in total. The third-order valence-electron chi connectivity index (χ3n) is 3.87. The number of hydrogen-bond acceptors (Lipinski definition) is 1. The maximum Gasteiger partial charge on any atom is 0.220 e. The number of carbonyl (C=O) groups excluding carboxylic acids is 1. The molecule has 2 heteroatoms. The van der Waals surface area contributed by atoms with Crippen molar-refractivity contribution in [3.05, 3.63) is 35.9 Å². The van der Waals surface area contributed by atoms with Crippen molar-refractivity contribution in [1.29, 1.82) is 0 Å². The van der Waals surface area contributed by atoms with E-state index in [1.54, 1.807) is 0 Å². The van der Waals surface area contributed by atoms with Crippen LogP contribution < -0.4 is 5.32 Å². The summed E-state index contributed by atoms with van der Waals surface area (Å²) in [5, 5.41) is 3.14. The van der Waals surface area contributed by atoms with Gasteiger partial charge < -0.3 is 5.32 Å². The summed E-state index contributed by atoms with van der Waals surface area (Å²) < 4.78 is 0. The summed E-state index contributed by atoms with van der Waals surface area (Å²) in [5.41, 5.74) is 1.41. The highest BCUT2D eigenvalue weighted by Crippen LogP contribution is 2.43. The Morgan fingerprint density at radius 2 is 2.06 bits per heavy atom. The number of amides is 1. The van der Waals surface area contributed by atoms with E-state index >= 15 is 0 Å². The van der Waals surface area contributed by atoms with Crippen molar-refractivity contribution in [2.45, 2.75) is 39.2 Å². The first-order chi connectivity index (χ1) is 7.65. The quantitative estimate of drug-likeness (QED) is 0.810. The van der Waals surface area contributed by atoms with Crippen LogP contribution in [0.25, 0.3) is 0 Å². The molecule has 16 heavy (non-hydrogen) atoms. The molecule has 1 aromatic rings. The molecule has 1 saturated heterocycles. The van der Waals surface area contributed by atoms with E-state index in [2.05, 4.69) is 31.3 Å². The molecule has 2 atom stereocenters. The van der Waals surface area contributed by atoms with E-state index in [0.29, 0.717) is 6.42 Å². The molecule has 0 aliphatic carbocycles. The Morgan fingerprint density at radius 3 is 2.69 bits per heavy atom. The summed E-state index contributed by atoms with van der Waals surface area (Å²) in [7, 11) is 0. The van der Waals surface area contributed by atoms with Gasteiger partial charge in [-0.15, -0.1) is 0 Å². The fraction of sp³-hybridized carbons (Fsp3) is 0.500. The number of hydrogen-bond donors (Lipinski definition) is 1. The number of piperidine rings is 1. The van der Waals surface area contributed by atoms with Crippen LogP contribution >= 0.6 is 0 Å². The van der Waals surface area contributed by atoms with Crippen molar-refractivity contribution in [2.75, 3.05) is 0 Å². The normalized spacial score (nSPS) is 29.9. The van der Waals surface area contributed by atoms with Crippen LogP contribution in [-0.4, -0.2) is 5.91 Å². The lowest BCUT2D eigenvalue weighted by atomic mass is 9.71. The fourth-order valence-corrected chi connectivity index (χ4v) is 2.46. The first-order valence-electron chi connectivity index (χ1n) is 6.00. The van der Waals surface area contributed by atoms with E-state index in [9.17, 15) is 4.79 Å². The zero-order valence-electron chi connectivity index (χ0n) is 9.99. The number of benzene rings is 1. The second kappa shape index (κ2) is 4.28. The van der Waals surface area contributed by atoms with Crippen LogP contribution in [-0.2, 0) is 4.79 Å². The van der Waals surface area contributed by atoms with Crippen LogP contribution in [0.5, 0.6) is 0 Å². The van der Waals surface area contributed by atoms with Crippen molar-refractivity contribution in [2.24, 2.45) is 5.41 Å². The first kappa shape index (κ1) is 11.2. The highest BCUT2D eigenvalue weighted by atomic mass is 16.1. The van der Waals surface area contributed by atoms with Gasteiger partial charge in [-0.05, 0) is 23.8 Å². The zero-order valence-corrected chi connectivity index (χ0v) is 9.99. The Morgan fingerprint density at radius 1 is 1.38 bits per heavy atom. The van der Waals surface area contributed by atoms with Gasteiger partial charge in [-0.1, -0.05) is 44.2 Å². The fourth-order valence-electron chi connectivity index (χ4n) is 2.46. The van der Waals surface area contributed by atoms with Crippen molar-refractivity contribution in [3.63, 3.8) is 0 Å². The second-order valence-corrected chi connectivity index (χ2v) is 4.92. The van der Waals surface area contributed by atoms with Crippen molar-refractivity contribution in [3.8, 4) is 0 Å². The van der Waals surface area contributed by atoms with Crippen molar-refractivity contribution in [1.82, 2.24) is 5.32 Å². The van der Waals surface area contributed by atoms with E-state index in [1.807, 2.05) is 18.2 Å². The number of rotatable bonds is 2. The average molecular weight is 217 g/mol. The summed E-state index contributed by atoms with van der Waals surface area (Å²) in [5.74, 6) is 0.180. The zero-order chi connectivity index (χ0) is 11.6. The Kier molecular flexibility index (Phi) is 2.99. The molecule has 0 aromatic heterocycles. The van der Waals surface area contributed by atoms with E-state index in [1.165, 1.54) is 5.56 Å². The van der Waals surface area contributed by atoms with Gasteiger partial charge in [0.05, 0.1) is 6.04 Å². The van der Waals surface area contributed by atoms with Crippen LogP contribution in [0.4, 0.5) is 0 Å². The van der Waals surface area contributed by atoms with Gasteiger partial charge in [0.15, 0.2) is 0 Å². The van der Waals surface area contributed by atoms with E-state index in [-0.39, 0.29) is 17.4 Å². The molecule has 1 N–H and O–H groups in total. The highest BCUT2D eigenvalue weighted by Gasteiger charge is 2.38. The molecule has 1 aliphatic heterocycles. The third-order valence-corrected chi connectivity index (χ3v) is 3.87. The van der Waals surface area contributed by atoms with Gasteiger partial charge in [0.1, 0.15) is 0 Å². The monoisotopic (exact) mass is 217 g/mol. The first-order valence-corrected chi connectivity index (χ1v) is 6.00. The van der Waals surface area contributed by atoms with Gasteiger partial charge in [-0.2, -0.15) is 0 Å². The smallest absolute Gasteiger partial charge is 0.220 e. The van der Waals surface area contributed by atoms with Gasteiger partial charge in [0.2, 0.25) is 5.91 Å². The second-order valence-electron chi connectivity index (χ2n) is 4.92. The van der Waals surface area contributed by atoms with Gasteiger partial charge in [-0.3, -0.25) is 4.79 Å². The average Bonchev–Trinajstić information content (AvgIpc) is 2.33. The lowest BCUT2D eigenvalue weighted by Gasteiger charge is -2.41. The standard InChI is InChI=1S/C14H19NO/c1-3-14(2)10-9-12(16)15-13(14)11-7-5-4-6-8-11/h4-8,13H,3,9-10H2,1-2H3,(H,15,16)/t13-,14+/m1/s1. The van der Waals surface area contributed by atoms with E-state index < -0.39 is 0 Å². The minimum Gasteiger partial charge on any atom is -0.349 e. The molecular formula is C14H19NO. The topological polar surface area (TPSA) is 29.1 Å². The van der Waals surface area contributed by atoms with Gasteiger partial charge in [0.25, 0.3) is 0 Å². The molecule has 0 unspecified atom stereocenters. The predicted octanol–water partition coefficient (Wildman–Crippen LogP) is 3.05. The summed E-state index contributed by atoms with van der Waals surface area (Å²) in [6.07, 6.45) is 2.73. The SMILES string of the molecule is CC[C@@]1(C)CCC(=O)N[C@@H]1c1ccccc1. The maximum absolute atomic E-state index is 11.5. The minimum absolute atomic E-state index is 0.167. The summed E-state index contributed by atoms with van der Waals surface area (Å²) >= 11 is 0. The lowest BCUT2D eigenvalue weighted by molar-refractivity contribution is -0.126. The van der Waals surface area contributed by atoms with Crippen LogP contribution in [0, 0.1) is 5.41 Å². The molecule has 0 radical (unpaired) electrons. The molecule has 1 aromatic carbocycles. The van der Waals surface area contributed by atoms with Crippen molar-refractivity contribution >= 4 is 5.91 Å². The van der Waals surface area contributed by atoms with Gasteiger partial charge >= 0.3 is 0 Å². The molecule has 86 valence electrons. The summed E-state index contributed by atoms with van der Waals surface area (Å²) in [6.45, 7) is 4.47. The molecular weight excluding hydrogens is 198 g/mol. The van der Waals surface area contributed by atoms with Crippen molar-refractivity contribution < 1.29 is 4.79 Å². The lowest BCUT2D eigenvalue weighted by Crippen LogP contribution is -2.44. The highest BCUT2D eigenvalue weighted by molar-refractivity contribution is 5.77. The summed E-state index contributed by atoms with van der Waals surface area (Å²) in [6, 6.07) is 10.4. The molecule has 0 spiro atoms. The molecule has 0 bridgehead atoms. The third kappa shape index (κ3) is 1.97. The van der Waals surface area contributed by atoms with Crippen LogP contribution in [0.15, 0.2) is 30.3 Å². The molecule has 0 saturated carbocycles. The number of nitrogens with one attached hydrogen (secondary N) is 1. The Balaban J connectivity index is 2.31. The molecule has 1 heterocycles. The Bertz CT molecular complexity index is 374.